The molecule has 0 aliphatic rings. The lowest BCUT2D eigenvalue weighted by Crippen LogP contribution is -2.19. The Bertz CT molecular complexity index is 597. The first-order valence-corrected chi connectivity index (χ1v) is 6.29. The van der Waals surface area contributed by atoms with Crippen molar-refractivity contribution in [1.82, 2.24) is 9.78 Å². The first-order valence-electron chi connectivity index (χ1n) is 5.50. The first kappa shape index (κ1) is 13.4. The van der Waals surface area contributed by atoms with E-state index in [2.05, 4.69) is 26.3 Å². The molecular formula is C12H13BrN4O2. The number of carbonyl (C=O) groups excluding carboxylic acids is 1. The van der Waals surface area contributed by atoms with Crippen LogP contribution in [0.1, 0.15) is 0 Å². The lowest BCUT2D eigenvalue weighted by atomic mass is 10.3. The Morgan fingerprint density at radius 1 is 1.58 bits per heavy atom. The van der Waals surface area contributed by atoms with Gasteiger partial charge in [0.25, 0.3) is 0 Å². The van der Waals surface area contributed by atoms with Gasteiger partial charge in [-0.2, -0.15) is 5.10 Å². The maximum atomic E-state index is 11.8. The van der Waals surface area contributed by atoms with Gasteiger partial charge in [-0.1, -0.05) is 0 Å². The Morgan fingerprint density at radius 3 is 2.95 bits per heavy atom. The van der Waals surface area contributed by atoms with Crippen molar-refractivity contribution in [3.63, 3.8) is 0 Å². The third-order valence-electron chi connectivity index (χ3n) is 2.39. The van der Waals surface area contributed by atoms with Crippen LogP contribution in [0.5, 0.6) is 5.75 Å². The molecule has 0 saturated heterocycles. The number of nitrogens with two attached hydrogens (primary N) is 1. The largest absolute Gasteiger partial charge is 0.496 e. The van der Waals surface area contributed by atoms with Crippen LogP contribution >= 0.6 is 15.9 Å². The Hall–Kier alpha value is -2.02. The topological polar surface area (TPSA) is 82.2 Å². The van der Waals surface area contributed by atoms with Gasteiger partial charge in [0.05, 0.1) is 23.5 Å². The minimum Gasteiger partial charge on any atom is -0.496 e. The molecule has 7 heteroatoms. The van der Waals surface area contributed by atoms with Crippen molar-refractivity contribution in [3.05, 3.63) is 35.1 Å². The van der Waals surface area contributed by atoms with Crippen LogP contribution in [0.25, 0.3) is 0 Å². The molecule has 0 atom stereocenters. The molecule has 1 aromatic carbocycles. The molecule has 2 rings (SSSR count). The summed E-state index contributed by atoms with van der Waals surface area (Å²) in [4.78, 5) is 11.8. The van der Waals surface area contributed by atoms with Gasteiger partial charge in [-0.05, 0) is 34.1 Å². The Kier molecular flexibility index (Phi) is 4.06. The molecule has 1 heterocycles. The second-order valence-electron chi connectivity index (χ2n) is 3.87. The highest BCUT2D eigenvalue weighted by Gasteiger charge is 2.06. The number of nitrogens with zero attached hydrogens (tertiary/aromatic N) is 2. The number of anilines is 2. The normalized spacial score (nSPS) is 10.2. The van der Waals surface area contributed by atoms with Crippen LogP contribution in [0.15, 0.2) is 35.1 Å². The van der Waals surface area contributed by atoms with Crippen LogP contribution in [-0.2, 0) is 11.3 Å². The van der Waals surface area contributed by atoms with E-state index < -0.39 is 0 Å². The highest BCUT2D eigenvalue weighted by Crippen LogP contribution is 2.27. The quantitative estimate of drug-likeness (QED) is 0.899. The van der Waals surface area contributed by atoms with Crippen LogP contribution < -0.4 is 15.8 Å². The van der Waals surface area contributed by atoms with Gasteiger partial charge < -0.3 is 15.8 Å². The standard InChI is InChI=1S/C12H13BrN4O2/c1-19-11-3-2-9(4-10(11)13)16-12(18)7-17-6-8(14)5-15-17/h2-6H,7,14H2,1H3,(H,16,18). The van der Waals surface area contributed by atoms with Crippen LogP contribution in [0.3, 0.4) is 0 Å². The molecule has 0 aliphatic heterocycles. The summed E-state index contributed by atoms with van der Waals surface area (Å²) in [6.45, 7) is 0.112. The fourth-order valence-corrected chi connectivity index (χ4v) is 2.10. The molecule has 0 spiro atoms. The lowest BCUT2D eigenvalue weighted by molar-refractivity contribution is -0.116. The number of halogens is 1. The van der Waals surface area contributed by atoms with E-state index in [4.69, 9.17) is 10.5 Å². The van der Waals surface area contributed by atoms with E-state index in [-0.39, 0.29) is 12.5 Å². The molecule has 1 amide bonds. The molecule has 1 aromatic heterocycles. The van der Waals surface area contributed by atoms with E-state index in [1.807, 2.05) is 0 Å². The molecule has 3 N–H and O–H groups in total. The van der Waals surface area contributed by atoms with Crippen LogP contribution in [0, 0.1) is 0 Å². The maximum absolute atomic E-state index is 11.8. The summed E-state index contributed by atoms with van der Waals surface area (Å²) >= 11 is 3.36. The number of aromatic nitrogens is 2. The average Bonchev–Trinajstić information content (AvgIpc) is 2.74. The summed E-state index contributed by atoms with van der Waals surface area (Å²) in [7, 11) is 1.58. The molecular weight excluding hydrogens is 312 g/mol. The highest BCUT2D eigenvalue weighted by atomic mass is 79.9. The van der Waals surface area contributed by atoms with Crippen molar-refractivity contribution in [2.75, 3.05) is 18.2 Å². The van der Waals surface area contributed by atoms with Crippen molar-refractivity contribution in [2.24, 2.45) is 0 Å². The number of nitrogens with one attached hydrogen (secondary N) is 1. The molecule has 6 nitrogen and oxygen atoms in total. The molecule has 0 saturated carbocycles. The molecule has 0 unspecified atom stereocenters. The van der Waals surface area contributed by atoms with E-state index in [0.29, 0.717) is 17.1 Å². The number of rotatable bonds is 4. The van der Waals surface area contributed by atoms with E-state index in [0.717, 1.165) is 4.47 Å². The number of benzene rings is 1. The summed E-state index contributed by atoms with van der Waals surface area (Å²) in [5, 5.41) is 6.71. The molecule has 2 aromatic rings. The number of nitrogen functional groups attached to an aromatic ring is 1. The molecule has 0 bridgehead atoms. The van der Waals surface area contributed by atoms with E-state index in [1.54, 1.807) is 31.5 Å². The maximum Gasteiger partial charge on any atom is 0.246 e. The average molecular weight is 325 g/mol. The van der Waals surface area contributed by atoms with Crippen LogP contribution in [-0.4, -0.2) is 22.8 Å². The molecule has 19 heavy (non-hydrogen) atoms. The van der Waals surface area contributed by atoms with Gasteiger partial charge in [0.2, 0.25) is 5.91 Å². The fourth-order valence-electron chi connectivity index (χ4n) is 1.56. The zero-order valence-corrected chi connectivity index (χ0v) is 11.8. The van der Waals surface area contributed by atoms with Gasteiger partial charge in [-0.3, -0.25) is 9.48 Å². The van der Waals surface area contributed by atoms with Gasteiger partial charge in [0, 0.05) is 11.9 Å². The third-order valence-corrected chi connectivity index (χ3v) is 3.01. The van der Waals surface area contributed by atoms with Crippen molar-refractivity contribution < 1.29 is 9.53 Å². The van der Waals surface area contributed by atoms with E-state index in [9.17, 15) is 4.79 Å². The summed E-state index contributed by atoms with van der Waals surface area (Å²) in [6.07, 6.45) is 3.10. The Labute approximate surface area is 118 Å². The summed E-state index contributed by atoms with van der Waals surface area (Å²) in [6, 6.07) is 5.30. The summed E-state index contributed by atoms with van der Waals surface area (Å²) in [5.41, 5.74) is 6.73. The predicted octanol–water partition coefficient (Wildman–Crippen LogP) is 1.88. The van der Waals surface area contributed by atoms with E-state index >= 15 is 0 Å². The van der Waals surface area contributed by atoms with Crippen molar-refractivity contribution >= 4 is 33.2 Å². The number of methoxy groups -OCH3 is 1. The molecule has 0 radical (unpaired) electrons. The number of hydrogen-bond donors (Lipinski definition) is 2. The fraction of sp³-hybridized carbons (Fsp3) is 0.167. The number of carbonyl (C=O) groups is 1. The monoisotopic (exact) mass is 324 g/mol. The van der Waals surface area contributed by atoms with E-state index in [1.165, 1.54) is 10.9 Å². The lowest BCUT2D eigenvalue weighted by Gasteiger charge is -2.08. The summed E-state index contributed by atoms with van der Waals surface area (Å²) in [5.74, 6) is 0.526. The third kappa shape index (κ3) is 3.47. The number of hydrogen-bond acceptors (Lipinski definition) is 4. The van der Waals surface area contributed by atoms with Gasteiger partial charge in [0.1, 0.15) is 12.3 Å². The van der Waals surface area contributed by atoms with Crippen molar-refractivity contribution in [1.29, 1.82) is 0 Å². The molecule has 0 fully saturated rings. The molecule has 100 valence electrons. The second kappa shape index (κ2) is 5.75. The van der Waals surface area contributed by atoms with Crippen LogP contribution in [0.2, 0.25) is 0 Å². The van der Waals surface area contributed by atoms with Gasteiger partial charge in [-0.15, -0.1) is 0 Å². The number of amides is 1. The summed E-state index contributed by atoms with van der Waals surface area (Å²) < 4.78 is 7.37. The smallest absolute Gasteiger partial charge is 0.246 e. The van der Waals surface area contributed by atoms with Crippen molar-refractivity contribution in [2.45, 2.75) is 6.54 Å². The van der Waals surface area contributed by atoms with Gasteiger partial charge in [-0.25, -0.2) is 0 Å². The SMILES string of the molecule is COc1ccc(NC(=O)Cn2cc(N)cn2)cc1Br. The van der Waals surface area contributed by atoms with Gasteiger partial charge in [0.15, 0.2) is 0 Å². The zero-order valence-electron chi connectivity index (χ0n) is 10.3. The predicted molar refractivity (Wildman–Crippen MR) is 76.0 cm³/mol. The van der Waals surface area contributed by atoms with Crippen molar-refractivity contribution in [3.8, 4) is 5.75 Å². The highest BCUT2D eigenvalue weighted by molar-refractivity contribution is 9.10. The Morgan fingerprint density at radius 2 is 2.37 bits per heavy atom. The van der Waals surface area contributed by atoms with Gasteiger partial charge >= 0.3 is 0 Å². The number of ether oxygens (including phenoxy) is 1. The minimum absolute atomic E-state index is 0.112. The Balaban J connectivity index is 2.00. The first-order chi connectivity index (χ1) is 9.08. The second-order valence-corrected chi connectivity index (χ2v) is 4.72. The minimum atomic E-state index is -0.180. The van der Waals surface area contributed by atoms with Crippen LogP contribution in [0.4, 0.5) is 11.4 Å². The molecule has 0 aliphatic carbocycles. The zero-order chi connectivity index (χ0) is 13.8.